The highest BCUT2D eigenvalue weighted by Crippen LogP contribution is 2.09. The van der Waals surface area contributed by atoms with Gasteiger partial charge in [-0.3, -0.25) is 4.79 Å². The normalized spacial score (nSPS) is 15.9. The smallest absolute Gasteiger partial charge is 0.243 e. The molecule has 12 heteroatoms. The van der Waals surface area contributed by atoms with E-state index < -0.39 is 10.0 Å². The van der Waals surface area contributed by atoms with Gasteiger partial charge in [0, 0.05) is 53.9 Å². The third-order valence-electron chi connectivity index (χ3n) is 4.18. The zero-order valence-corrected chi connectivity index (χ0v) is 21.2. The van der Waals surface area contributed by atoms with Gasteiger partial charge < -0.3 is 24.6 Å². The molecule has 1 amide bonds. The van der Waals surface area contributed by atoms with Crippen LogP contribution in [0, 0.1) is 0 Å². The maximum atomic E-state index is 12.5. The van der Waals surface area contributed by atoms with Crippen LogP contribution < -0.4 is 5.32 Å². The molecule has 0 aromatic heterocycles. The van der Waals surface area contributed by atoms with Gasteiger partial charge in [-0.1, -0.05) is 0 Å². The largest absolute Gasteiger partial charge is 0.383 e. The Balaban J connectivity index is 0.00000784. The second-order valence-corrected chi connectivity index (χ2v) is 9.06. The number of ether oxygens (including phenoxy) is 2. The van der Waals surface area contributed by atoms with Gasteiger partial charge in [-0.05, 0) is 13.8 Å². The molecular formula is C17H36IN5O5S. The predicted octanol–water partition coefficient (Wildman–Crippen LogP) is -0.343. The predicted molar refractivity (Wildman–Crippen MR) is 124 cm³/mol. The molecule has 1 fully saturated rings. The fourth-order valence-electron chi connectivity index (χ4n) is 2.51. The summed E-state index contributed by atoms with van der Waals surface area (Å²) >= 11 is 0. The van der Waals surface area contributed by atoms with Crippen molar-refractivity contribution in [3.8, 4) is 0 Å². The van der Waals surface area contributed by atoms with E-state index in [1.165, 1.54) is 9.21 Å². The molecule has 172 valence electrons. The number of hydrogen-bond donors (Lipinski definition) is 1. The van der Waals surface area contributed by atoms with E-state index in [1.54, 1.807) is 21.2 Å². The van der Waals surface area contributed by atoms with Crippen LogP contribution in [0.15, 0.2) is 4.99 Å². The van der Waals surface area contributed by atoms with Gasteiger partial charge in [-0.25, -0.2) is 13.4 Å². The van der Waals surface area contributed by atoms with Crippen molar-refractivity contribution in [3.63, 3.8) is 0 Å². The molecular weight excluding hydrogens is 513 g/mol. The standard InChI is InChI=1S/C17H35N5O5S.HI/c1-15(2)27-12-13-28(24,25)22-9-7-21(8-10-22)17(18-6-11-26-5)19-14-16(23)20(3)4;/h15H,6-14H2,1-5H3,(H,18,19);1H. The number of halogens is 1. The maximum Gasteiger partial charge on any atom is 0.243 e. The fraction of sp³-hybridized carbons (Fsp3) is 0.882. The van der Waals surface area contributed by atoms with Crippen LogP contribution >= 0.6 is 24.0 Å². The van der Waals surface area contributed by atoms with Crippen molar-refractivity contribution in [1.29, 1.82) is 0 Å². The molecule has 1 rings (SSSR count). The number of guanidine groups is 1. The minimum atomic E-state index is -3.35. The minimum absolute atomic E-state index is 0. The molecule has 29 heavy (non-hydrogen) atoms. The number of rotatable bonds is 10. The highest BCUT2D eigenvalue weighted by Gasteiger charge is 2.28. The molecule has 1 heterocycles. The van der Waals surface area contributed by atoms with E-state index in [0.717, 1.165) is 0 Å². The van der Waals surface area contributed by atoms with Gasteiger partial charge in [-0.15, -0.1) is 24.0 Å². The van der Waals surface area contributed by atoms with E-state index in [-0.39, 0.29) is 54.9 Å². The highest BCUT2D eigenvalue weighted by atomic mass is 127. The second kappa shape index (κ2) is 14.3. The number of sulfonamides is 1. The summed E-state index contributed by atoms with van der Waals surface area (Å²) in [6.45, 7) is 6.78. The fourth-order valence-corrected chi connectivity index (χ4v) is 3.80. The Morgan fingerprint density at radius 3 is 2.31 bits per heavy atom. The number of likely N-dealkylation sites (N-methyl/N-ethyl adjacent to an activating group) is 1. The summed E-state index contributed by atoms with van der Waals surface area (Å²) in [5.41, 5.74) is 0. The third-order valence-corrected chi connectivity index (χ3v) is 6.01. The van der Waals surface area contributed by atoms with Crippen LogP contribution in [0.5, 0.6) is 0 Å². The Morgan fingerprint density at radius 1 is 1.17 bits per heavy atom. The van der Waals surface area contributed by atoms with Crippen LogP contribution in [0.2, 0.25) is 0 Å². The molecule has 1 aliphatic heterocycles. The minimum Gasteiger partial charge on any atom is -0.383 e. The second-order valence-electron chi connectivity index (χ2n) is 6.97. The maximum absolute atomic E-state index is 12.5. The number of methoxy groups -OCH3 is 1. The van der Waals surface area contributed by atoms with Gasteiger partial charge in [0.05, 0.1) is 25.1 Å². The molecule has 0 unspecified atom stereocenters. The summed E-state index contributed by atoms with van der Waals surface area (Å²) in [4.78, 5) is 19.7. The van der Waals surface area contributed by atoms with Crippen LogP contribution in [-0.2, 0) is 24.3 Å². The molecule has 10 nitrogen and oxygen atoms in total. The summed E-state index contributed by atoms with van der Waals surface area (Å²) in [5.74, 6) is 0.472. The lowest BCUT2D eigenvalue weighted by atomic mass is 10.4. The van der Waals surface area contributed by atoms with Gasteiger partial charge in [0.2, 0.25) is 15.9 Å². The van der Waals surface area contributed by atoms with E-state index in [4.69, 9.17) is 9.47 Å². The molecule has 0 atom stereocenters. The number of carbonyl (C=O) groups is 1. The third kappa shape index (κ3) is 10.8. The number of piperazine rings is 1. The number of aliphatic imine (C=N–C) groups is 1. The Morgan fingerprint density at radius 2 is 1.79 bits per heavy atom. The molecule has 1 saturated heterocycles. The molecule has 1 N–H and O–H groups in total. The Labute approximate surface area is 192 Å². The number of amides is 1. The van der Waals surface area contributed by atoms with Crippen molar-refractivity contribution in [2.45, 2.75) is 20.0 Å². The summed E-state index contributed by atoms with van der Waals surface area (Å²) in [6.07, 6.45) is 0.00821. The van der Waals surface area contributed by atoms with Crippen molar-refractivity contribution < 1.29 is 22.7 Å². The zero-order valence-electron chi connectivity index (χ0n) is 18.1. The Kier molecular flexibility index (Phi) is 14.0. The lowest BCUT2D eigenvalue weighted by Crippen LogP contribution is -2.54. The molecule has 0 aromatic rings. The van der Waals surface area contributed by atoms with Gasteiger partial charge in [0.1, 0.15) is 6.54 Å². The van der Waals surface area contributed by atoms with E-state index in [9.17, 15) is 13.2 Å². The highest BCUT2D eigenvalue weighted by molar-refractivity contribution is 14.0. The molecule has 0 aromatic carbocycles. The van der Waals surface area contributed by atoms with Crippen LogP contribution in [0.1, 0.15) is 13.8 Å². The first-order valence-electron chi connectivity index (χ1n) is 9.49. The Hall–Kier alpha value is -0.700. The Bertz CT molecular complexity index is 607. The number of hydrogen-bond acceptors (Lipinski definition) is 6. The van der Waals surface area contributed by atoms with Gasteiger partial charge in [-0.2, -0.15) is 4.31 Å². The molecule has 0 aliphatic carbocycles. The first-order chi connectivity index (χ1) is 13.2. The van der Waals surface area contributed by atoms with E-state index in [0.29, 0.717) is 45.3 Å². The number of nitrogens with one attached hydrogen (secondary N) is 1. The van der Waals surface area contributed by atoms with Crippen LogP contribution in [0.25, 0.3) is 0 Å². The quantitative estimate of drug-likeness (QED) is 0.172. The van der Waals surface area contributed by atoms with Gasteiger partial charge >= 0.3 is 0 Å². The van der Waals surface area contributed by atoms with Gasteiger partial charge in [0.15, 0.2) is 5.96 Å². The SMILES string of the molecule is COCCNC(=NCC(=O)N(C)C)N1CCN(S(=O)(=O)CCOC(C)C)CC1.I. The summed E-state index contributed by atoms with van der Waals surface area (Å²) in [7, 11) is 1.63. The van der Waals surface area contributed by atoms with Crippen LogP contribution in [0.3, 0.4) is 0 Å². The molecule has 0 radical (unpaired) electrons. The zero-order chi connectivity index (χ0) is 21.2. The molecule has 0 bridgehead atoms. The number of carbonyl (C=O) groups excluding carboxylic acids is 1. The monoisotopic (exact) mass is 549 g/mol. The van der Waals surface area contributed by atoms with Crippen molar-refractivity contribution in [2.24, 2.45) is 4.99 Å². The van der Waals surface area contributed by atoms with Crippen molar-refractivity contribution in [3.05, 3.63) is 0 Å². The number of nitrogens with zero attached hydrogens (tertiary/aromatic N) is 4. The van der Waals surface area contributed by atoms with Crippen molar-refractivity contribution in [1.82, 2.24) is 19.4 Å². The molecule has 0 spiro atoms. The van der Waals surface area contributed by atoms with Crippen LogP contribution in [-0.4, -0.2) is 120 Å². The van der Waals surface area contributed by atoms with Crippen LogP contribution in [0.4, 0.5) is 0 Å². The summed E-state index contributed by atoms with van der Waals surface area (Å²) in [6, 6.07) is 0. The molecule has 1 aliphatic rings. The first kappa shape index (κ1) is 28.3. The average Bonchev–Trinajstić information content (AvgIpc) is 2.63. The lowest BCUT2D eigenvalue weighted by molar-refractivity contribution is -0.127. The first-order valence-corrected chi connectivity index (χ1v) is 11.1. The van der Waals surface area contributed by atoms with Gasteiger partial charge in [0.25, 0.3) is 0 Å². The van der Waals surface area contributed by atoms with Crippen molar-refractivity contribution >= 4 is 45.9 Å². The average molecular weight is 549 g/mol. The topological polar surface area (TPSA) is 104 Å². The summed E-state index contributed by atoms with van der Waals surface area (Å²) < 4.78 is 36.8. The van der Waals surface area contributed by atoms with E-state index in [2.05, 4.69) is 10.3 Å². The summed E-state index contributed by atoms with van der Waals surface area (Å²) in [5, 5.41) is 3.18. The van der Waals surface area contributed by atoms with E-state index >= 15 is 0 Å². The van der Waals surface area contributed by atoms with Crippen molar-refractivity contribution in [2.75, 3.05) is 79.4 Å². The molecule has 0 saturated carbocycles. The lowest BCUT2D eigenvalue weighted by Gasteiger charge is -2.36. The van der Waals surface area contributed by atoms with E-state index in [1.807, 2.05) is 18.7 Å².